The highest BCUT2D eigenvalue weighted by molar-refractivity contribution is 6.30. The minimum Gasteiger partial charge on any atom is -0.378 e. The average Bonchev–Trinajstić information content (AvgIpc) is 3.12. The summed E-state index contributed by atoms with van der Waals surface area (Å²) in [5.41, 5.74) is 7.51. The van der Waals surface area contributed by atoms with E-state index < -0.39 is 0 Å². The standard InChI is InChI=1S/C19H26ClN5O2/c1-2-17-18(22-23-25(17)15-6-3-5-14(20)13-15)19(26)24-10-7-16(8-11-24)27-12-4-9-21/h3,5-6,13,16H,2,4,7-12,21H2,1H3. The Morgan fingerprint density at radius 3 is 2.81 bits per heavy atom. The van der Waals surface area contributed by atoms with E-state index in [2.05, 4.69) is 10.3 Å². The topological polar surface area (TPSA) is 86.3 Å². The highest BCUT2D eigenvalue weighted by atomic mass is 35.5. The molecule has 0 bridgehead atoms. The van der Waals surface area contributed by atoms with E-state index in [1.807, 2.05) is 30.0 Å². The first-order valence-electron chi connectivity index (χ1n) is 9.45. The highest BCUT2D eigenvalue weighted by Crippen LogP contribution is 2.21. The number of benzene rings is 1. The zero-order valence-electron chi connectivity index (χ0n) is 15.6. The summed E-state index contributed by atoms with van der Waals surface area (Å²) in [4.78, 5) is 14.8. The number of carbonyl (C=O) groups is 1. The van der Waals surface area contributed by atoms with Gasteiger partial charge < -0.3 is 15.4 Å². The van der Waals surface area contributed by atoms with Gasteiger partial charge in [-0.2, -0.15) is 0 Å². The first kappa shape index (κ1) is 19.8. The Morgan fingerprint density at radius 1 is 1.37 bits per heavy atom. The van der Waals surface area contributed by atoms with Gasteiger partial charge >= 0.3 is 0 Å². The molecule has 8 heteroatoms. The molecule has 0 saturated carbocycles. The van der Waals surface area contributed by atoms with Gasteiger partial charge in [0, 0.05) is 24.7 Å². The summed E-state index contributed by atoms with van der Waals surface area (Å²) in [5.74, 6) is -0.0689. The second-order valence-electron chi connectivity index (χ2n) is 6.63. The van der Waals surface area contributed by atoms with Crippen molar-refractivity contribution in [2.24, 2.45) is 5.73 Å². The smallest absolute Gasteiger partial charge is 0.276 e. The number of hydrogen-bond donors (Lipinski definition) is 1. The van der Waals surface area contributed by atoms with Crippen LogP contribution >= 0.6 is 11.6 Å². The Labute approximate surface area is 164 Å². The van der Waals surface area contributed by atoms with Gasteiger partial charge in [-0.1, -0.05) is 29.8 Å². The molecule has 27 heavy (non-hydrogen) atoms. The highest BCUT2D eigenvalue weighted by Gasteiger charge is 2.28. The van der Waals surface area contributed by atoms with Crippen molar-refractivity contribution in [1.82, 2.24) is 19.9 Å². The molecule has 1 amide bonds. The van der Waals surface area contributed by atoms with Gasteiger partial charge in [0.1, 0.15) is 0 Å². The molecule has 1 aromatic heterocycles. The molecule has 0 radical (unpaired) electrons. The van der Waals surface area contributed by atoms with Crippen molar-refractivity contribution in [2.45, 2.75) is 38.7 Å². The number of nitrogens with zero attached hydrogens (tertiary/aromatic N) is 4. The third-order valence-corrected chi connectivity index (χ3v) is 5.02. The van der Waals surface area contributed by atoms with Crippen molar-refractivity contribution in [1.29, 1.82) is 0 Å². The maximum Gasteiger partial charge on any atom is 0.276 e. The monoisotopic (exact) mass is 391 g/mol. The van der Waals surface area contributed by atoms with E-state index in [9.17, 15) is 4.79 Å². The van der Waals surface area contributed by atoms with E-state index in [0.717, 1.165) is 30.6 Å². The van der Waals surface area contributed by atoms with Crippen LogP contribution in [0.5, 0.6) is 0 Å². The van der Waals surface area contributed by atoms with Crippen molar-refractivity contribution in [3.63, 3.8) is 0 Å². The van der Waals surface area contributed by atoms with Crippen LogP contribution in [0.15, 0.2) is 24.3 Å². The Morgan fingerprint density at radius 2 is 2.15 bits per heavy atom. The van der Waals surface area contributed by atoms with Crippen LogP contribution in [0.3, 0.4) is 0 Å². The van der Waals surface area contributed by atoms with Gasteiger partial charge in [-0.05, 0) is 50.4 Å². The summed E-state index contributed by atoms with van der Waals surface area (Å²) >= 11 is 6.08. The Hall–Kier alpha value is -1.96. The Bertz CT molecular complexity index is 771. The van der Waals surface area contributed by atoms with Crippen LogP contribution in [0.1, 0.15) is 42.4 Å². The Balaban J connectivity index is 1.69. The second kappa shape index (κ2) is 9.30. The van der Waals surface area contributed by atoms with Crippen LogP contribution in [-0.2, 0) is 11.2 Å². The molecule has 0 aliphatic carbocycles. The summed E-state index contributed by atoms with van der Waals surface area (Å²) in [6, 6.07) is 7.38. The largest absolute Gasteiger partial charge is 0.378 e. The van der Waals surface area contributed by atoms with Crippen LogP contribution in [0.2, 0.25) is 5.02 Å². The molecule has 2 N–H and O–H groups in total. The molecule has 0 unspecified atom stereocenters. The lowest BCUT2D eigenvalue weighted by Crippen LogP contribution is -2.41. The van der Waals surface area contributed by atoms with E-state index in [0.29, 0.717) is 43.4 Å². The van der Waals surface area contributed by atoms with Crippen LogP contribution < -0.4 is 5.73 Å². The van der Waals surface area contributed by atoms with Crippen LogP contribution in [0.4, 0.5) is 0 Å². The fourth-order valence-electron chi connectivity index (χ4n) is 3.31. The minimum atomic E-state index is -0.0689. The van der Waals surface area contributed by atoms with Crippen molar-refractivity contribution in [3.8, 4) is 5.69 Å². The molecule has 7 nitrogen and oxygen atoms in total. The lowest BCUT2D eigenvalue weighted by Gasteiger charge is -2.31. The van der Waals surface area contributed by atoms with Gasteiger partial charge in [0.05, 0.1) is 17.5 Å². The maximum absolute atomic E-state index is 13.0. The number of piperidine rings is 1. The SMILES string of the molecule is CCc1c(C(=O)N2CCC(OCCCN)CC2)nnn1-c1cccc(Cl)c1. The summed E-state index contributed by atoms with van der Waals surface area (Å²) in [7, 11) is 0. The number of ether oxygens (including phenoxy) is 1. The molecule has 3 rings (SSSR count). The van der Waals surface area contributed by atoms with Crippen molar-refractivity contribution >= 4 is 17.5 Å². The molecule has 1 aliphatic heterocycles. The zero-order valence-corrected chi connectivity index (χ0v) is 16.4. The molecule has 1 aliphatic rings. The third kappa shape index (κ3) is 4.66. The number of aromatic nitrogens is 3. The van der Waals surface area contributed by atoms with Crippen molar-refractivity contribution in [2.75, 3.05) is 26.2 Å². The normalized spacial score (nSPS) is 15.3. The summed E-state index contributed by atoms with van der Waals surface area (Å²) in [5, 5.41) is 9.00. The van der Waals surface area contributed by atoms with Gasteiger partial charge in [0.15, 0.2) is 5.69 Å². The molecule has 2 heterocycles. The van der Waals surface area contributed by atoms with Crippen LogP contribution in [0.25, 0.3) is 5.69 Å². The molecule has 0 atom stereocenters. The second-order valence-corrected chi connectivity index (χ2v) is 7.07. The van der Waals surface area contributed by atoms with Crippen molar-refractivity contribution in [3.05, 3.63) is 40.7 Å². The molecular weight excluding hydrogens is 366 g/mol. The zero-order chi connectivity index (χ0) is 19.2. The minimum absolute atomic E-state index is 0.0689. The lowest BCUT2D eigenvalue weighted by atomic mass is 10.1. The number of hydrogen-bond acceptors (Lipinski definition) is 5. The van der Waals surface area contributed by atoms with E-state index in [4.69, 9.17) is 22.1 Å². The fourth-order valence-corrected chi connectivity index (χ4v) is 3.49. The molecule has 1 saturated heterocycles. The molecule has 0 spiro atoms. The molecule has 1 aromatic carbocycles. The number of rotatable bonds is 7. The van der Waals surface area contributed by atoms with Gasteiger partial charge in [-0.25, -0.2) is 4.68 Å². The molecule has 2 aromatic rings. The third-order valence-electron chi connectivity index (χ3n) is 4.78. The number of carbonyl (C=O) groups excluding carboxylic acids is 1. The summed E-state index contributed by atoms with van der Waals surface area (Å²) in [6.07, 6.45) is 3.39. The van der Waals surface area contributed by atoms with Crippen molar-refractivity contribution < 1.29 is 9.53 Å². The van der Waals surface area contributed by atoms with E-state index in [1.54, 1.807) is 10.7 Å². The summed E-state index contributed by atoms with van der Waals surface area (Å²) in [6.45, 7) is 4.65. The predicted octanol–water partition coefficient (Wildman–Crippen LogP) is 2.45. The number of likely N-dealkylation sites (tertiary alicyclic amines) is 1. The average molecular weight is 392 g/mol. The Kier molecular flexibility index (Phi) is 6.82. The fraction of sp³-hybridized carbons (Fsp3) is 0.526. The first-order chi connectivity index (χ1) is 13.1. The van der Waals surface area contributed by atoms with Gasteiger partial charge in [0.2, 0.25) is 0 Å². The molecule has 1 fully saturated rings. The van der Waals surface area contributed by atoms with Crippen LogP contribution in [0, 0.1) is 0 Å². The predicted molar refractivity (Wildman–Crippen MR) is 104 cm³/mol. The van der Waals surface area contributed by atoms with Crippen LogP contribution in [-0.4, -0.2) is 58.1 Å². The van der Waals surface area contributed by atoms with Gasteiger partial charge in [-0.3, -0.25) is 4.79 Å². The van der Waals surface area contributed by atoms with Gasteiger partial charge in [0.25, 0.3) is 5.91 Å². The summed E-state index contributed by atoms with van der Waals surface area (Å²) < 4.78 is 7.51. The quantitative estimate of drug-likeness (QED) is 0.732. The first-order valence-corrected chi connectivity index (χ1v) is 9.83. The maximum atomic E-state index is 13.0. The van der Waals surface area contributed by atoms with E-state index in [1.165, 1.54) is 0 Å². The van der Waals surface area contributed by atoms with E-state index >= 15 is 0 Å². The number of amides is 1. The van der Waals surface area contributed by atoms with Gasteiger partial charge in [-0.15, -0.1) is 5.10 Å². The molecular formula is C19H26ClN5O2. The number of nitrogens with two attached hydrogens (primary N) is 1. The molecule has 146 valence electrons. The number of halogens is 1. The van der Waals surface area contributed by atoms with E-state index in [-0.39, 0.29) is 12.0 Å². The lowest BCUT2D eigenvalue weighted by molar-refractivity contribution is 0.00826.